The van der Waals surface area contributed by atoms with E-state index in [1.807, 2.05) is 43.3 Å². The van der Waals surface area contributed by atoms with Crippen molar-refractivity contribution in [3.05, 3.63) is 57.2 Å². The van der Waals surface area contributed by atoms with Gasteiger partial charge >= 0.3 is 0 Å². The molecule has 0 aromatic heterocycles. The summed E-state index contributed by atoms with van der Waals surface area (Å²) in [6.45, 7) is 2.44. The van der Waals surface area contributed by atoms with Crippen LogP contribution in [0.4, 0.5) is 5.69 Å². The molecule has 108 valence electrons. The zero-order valence-corrected chi connectivity index (χ0v) is 13.9. The zero-order valence-electron chi connectivity index (χ0n) is 11.7. The van der Waals surface area contributed by atoms with Crippen molar-refractivity contribution < 1.29 is 9.53 Å². The van der Waals surface area contributed by atoms with E-state index in [9.17, 15) is 4.79 Å². The van der Waals surface area contributed by atoms with Gasteiger partial charge in [0.05, 0.1) is 5.92 Å². The average molecular weight is 393 g/mol. The van der Waals surface area contributed by atoms with Gasteiger partial charge in [-0.2, -0.15) is 0 Å². The van der Waals surface area contributed by atoms with Crippen molar-refractivity contribution in [3.63, 3.8) is 0 Å². The molecule has 0 saturated heterocycles. The van der Waals surface area contributed by atoms with E-state index in [1.165, 1.54) is 0 Å². The van der Waals surface area contributed by atoms with Gasteiger partial charge in [-0.05, 0) is 71.3 Å². The van der Waals surface area contributed by atoms with Gasteiger partial charge in [0, 0.05) is 9.26 Å². The third kappa shape index (κ3) is 3.20. The third-order valence-electron chi connectivity index (χ3n) is 3.70. The summed E-state index contributed by atoms with van der Waals surface area (Å²) in [5, 5.41) is 3.02. The van der Waals surface area contributed by atoms with E-state index >= 15 is 0 Å². The second-order valence-corrected chi connectivity index (χ2v) is 6.51. The molecule has 0 bridgehead atoms. The van der Waals surface area contributed by atoms with Gasteiger partial charge in [-0.3, -0.25) is 4.79 Å². The zero-order chi connectivity index (χ0) is 14.8. The first kappa shape index (κ1) is 14.4. The van der Waals surface area contributed by atoms with Crippen LogP contribution >= 0.6 is 22.6 Å². The van der Waals surface area contributed by atoms with Crippen molar-refractivity contribution in [2.75, 3.05) is 11.9 Å². The van der Waals surface area contributed by atoms with Gasteiger partial charge in [0.2, 0.25) is 5.91 Å². The van der Waals surface area contributed by atoms with Crippen molar-refractivity contribution in [1.82, 2.24) is 0 Å². The molecule has 1 N–H and O–H groups in total. The Labute approximate surface area is 137 Å². The normalized spacial score (nSPS) is 16.8. The predicted octanol–water partition coefficient (Wildman–Crippen LogP) is 3.79. The van der Waals surface area contributed by atoms with E-state index < -0.39 is 0 Å². The smallest absolute Gasteiger partial charge is 0.231 e. The Bertz CT molecular complexity index is 684. The van der Waals surface area contributed by atoms with Crippen molar-refractivity contribution in [1.29, 1.82) is 0 Å². The summed E-state index contributed by atoms with van der Waals surface area (Å²) in [7, 11) is 0. The van der Waals surface area contributed by atoms with Gasteiger partial charge in [-0.1, -0.05) is 18.2 Å². The summed E-state index contributed by atoms with van der Waals surface area (Å²) in [6, 6.07) is 13.9. The van der Waals surface area contributed by atoms with Crippen LogP contribution in [0.15, 0.2) is 42.5 Å². The number of nitrogens with one attached hydrogen (secondary N) is 1. The molecular formula is C17H16INO2. The quantitative estimate of drug-likeness (QED) is 0.789. The molecule has 0 fully saturated rings. The topological polar surface area (TPSA) is 38.3 Å². The SMILES string of the molecule is Cc1cc(I)ccc1NC(=O)C1COc2ccccc2C1. The summed E-state index contributed by atoms with van der Waals surface area (Å²) in [5.41, 5.74) is 3.05. The van der Waals surface area contributed by atoms with Gasteiger partial charge in [0.15, 0.2) is 0 Å². The van der Waals surface area contributed by atoms with Crippen LogP contribution in [0.1, 0.15) is 11.1 Å². The Balaban J connectivity index is 1.72. The Kier molecular flexibility index (Phi) is 4.14. The first-order valence-electron chi connectivity index (χ1n) is 6.91. The average Bonchev–Trinajstić information content (AvgIpc) is 2.49. The number of halogens is 1. The number of fused-ring (bicyclic) bond motifs is 1. The number of benzene rings is 2. The molecule has 3 nitrogen and oxygen atoms in total. The Morgan fingerprint density at radius 1 is 1.29 bits per heavy atom. The second-order valence-electron chi connectivity index (χ2n) is 5.27. The summed E-state index contributed by atoms with van der Waals surface area (Å²) in [4.78, 5) is 12.4. The van der Waals surface area contributed by atoms with Gasteiger partial charge in [-0.25, -0.2) is 0 Å². The Morgan fingerprint density at radius 3 is 2.90 bits per heavy atom. The molecule has 1 heterocycles. The minimum Gasteiger partial charge on any atom is -0.492 e. The fourth-order valence-electron chi connectivity index (χ4n) is 2.50. The highest BCUT2D eigenvalue weighted by Crippen LogP contribution is 2.28. The number of hydrogen-bond acceptors (Lipinski definition) is 2. The van der Waals surface area contributed by atoms with E-state index in [0.29, 0.717) is 6.61 Å². The summed E-state index contributed by atoms with van der Waals surface area (Å²) >= 11 is 2.27. The van der Waals surface area contributed by atoms with Crippen LogP contribution in [0.3, 0.4) is 0 Å². The molecular weight excluding hydrogens is 377 g/mol. The van der Waals surface area contributed by atoms with Crippen LogP contribution in [-0.2, 0) is 11.2 Å². The van der Waals surface area contributed by atoms with Gasteiger partial charge in [0.1, 0.15) is 12.4 Å². The molecule has 1 unspecified atom stereocenters. The van der Waals surface area contributed by atoms with E-state index in [4.69, 9.17) is 4.74 Å². The number of carbonyl (C=O) groups is 1. The molecule has 4 heteroatoms. The maximum Gasteiger partial charge on any atom is 0.231 e. The number of amides is 1. The summed E-state index contributed by atoms with van der Waals surface area (Å²) in [5.74, 6) is 0.777. The fourth-order valence-corrected chi connectivity index (χ4v) is 3.15. The molecule has 3 rings (SSSR count). The number of ether oxygens (including phenoxy) is 1. The molecule has 1 amide bonds. The van der Waals surface area contributed by atoms with Crippen LogP contribution < -0.4 is 10.1 Å². The minimum atomic E-state index is -0.140. The minimum absolute atomic E-state index is 0.0220. The van der Waals surface area contributed by atoms with Crippen molar-refractivity contribution in [2.24, 2.45) is 5.92 Å². The van der Waals surface area contributed by atoms with Gasteiger partial charge in [-0.15, -0.1) is 0 Å². The van der Waals surface area contributed by atoms with Crippen LogP contribution in [0.5, 0.6) is 5.75 Å². The Hall–Kier alpha value is -1.56. The molecule has 1 aliphatic heterocycles. The number of rotatable bonds is 2. The van der Waals surface area contributed by atoms with Crippen LogP contribution in [0.2, 0.25) is 0 Å². The van der Waals surface area contributed by atoms with Gasteiger partial charge < -0.3 is 10.1 Å². The van der Waals surface area contributed by atoms with Crippen LogP contribution in [0.25, 0.3) is 0 Å². The first-order valence-corrected chi connectivity index (χ1v) is 7.99. The maximum absolute atomic E-state index is 12.4. The lowest BCUT2D eigenvalue weighted by molar-refractivity contribution is -0.121. The van der Waals surface area contributed by atoms with E-state index in [-0.39, 0.29) is 11.8 Å². The standard InChI is InChI=1S/C17H16INO2/c1-11-8-14(18)6-7-15(11)19-17(20)13-9-12-4-2-3-5-16(12)21-10-13/h2-8,13H,9-10H2,1H3,(H,19,20). The number of para-hydroxylation sites is 1. The molecule has 0 saturated carbocycles. The maximum atomic E-state index is 12.4. The summed E-state index contributed by atoms with van der Waals surface area (Å²) in [6.07, 6.45) is 0.728. The molecule has 2 aromatic rings. The second kappa shape index (κ2) is 6.05. The highest BCUT2D eigenvalue weighted by atomic mass is 127. The monoisotopic (exact) mass is 393 g/mol. The molecule has 2 aromatic carbocycles. The van der Waals surface area contributed by atoms with Crippen molar-refractivity contribution in [3.8, 4) is 5.75 Å². The highest BCUT2D eigenvalue weighted by molar-refractivity contribution is 14.1. The fraction of sp³-hybridized carbons (Fsp3) is 0.235. The van der Waals surface area contributed by atoms with Crippen molar-refractivity contribution >= 4 is 34.2 Å². The van der Waals surface area contributed by atoms with Gasteiger partial charge in [0.25, 0.3) is 0 Å². The lowest BCUT2D eigenvalue weighted by Gasteiger charge is -2.24. The molecule has 0 spiro atoms. The summed E-state index contributed by atoms with van der Waals surface area (Å²) < 4.78 is 6.85. The van der Waals surface area contributed by atoms with E-state index in [2.05, 4.69) is 34.0 Å². The highest BCUT2D eigenvalue weighted by Gasteiger charge is 2.26. The molecule has 21 heavy (non-hydrogen) atoms. The van der Waals surface area contributed by atoms with Crippen LogP contribution in [-0.4, -0.2) is 12.5 Å². The van der Waals surface area contributed by atoms with Crippen molar-refractivity contribution in [2.45, 2.75) is 13.3 Å². The first-order chi connectivity index (χ1) is 10.1. The number of hydrogen-bond donors (Lipinski definition) is 1. The predicted molar refractivity (Wildman–Crippen MR) is 91.7 cm³/mol. The number of aryl methyl sites for hydroxylation is 1. The van der Waals surface area contributed by atoms with Crippen LogP contribution in [0, 0.1) is 16.4 Å². The lowest BCUT2D eigenvalue weighted by Crippen LogP contribution is -2.32. The Morgan fingerprint density at radius 2 is 2.10 bits per heavy atom. The molecule has 0 aliphatic carbocycles. The lowest BCUT2D eigenvalue weighted by atomic mass is 9.96. The molecule has 1 atom stereocenters. The molecule has 1 aliphatic rings. The number of anilines is 1. The molecule has 0 radical (unpaired) electrons. The largest absolute Gasteiger partial charge is 0.492 e. The van der Waals surface area contributed by atoms with E-state index in [0.717, 1.165) is 32.6 Å². The number of carbonyl (C=O) groups excluding carboxylic acids is 1. The third-order valence-corrected chi connectivity index (χ3v) is 4.37. The van der Waals surface area contributed by atoms with E-state index in [1.54, 1.807) is 0 Å².